The van der Waals surface area contributed by atoms with Gasteiger partial charge in [-0.3, -0.25) is 19.6 Å². The van der Waals surface area contributed by atoms with Crippen molar-refractivity contribution in [3.63, 3.8) is 0 Å². The van der Waals surface area contributed by atoms with Gasteiger partial charge in [-0.25, -0.2) is 0 Å². The molecular formula is C18H22N4O2. The summed E-state index contributed by atoms with van der Waals surface area (Å²) in [5.41, 5.74) is 3.07. The van der Waals surface area contributed by atoms with Crippen LogP contribution in [0.2, 0.25) is 0 Å². The summed E-state index contributed by atoms with van der Waals surface area (Å²) in [5.74, 6) is -0.761. The van der Waals surface area contributed by atoms with Gasteiger partial charge in [-0.2, -0.15) is 5.10 Å². The number of amides is 2. The van der Waals surface area contributed by atoms with Crippen molar-refractivity contribution in [2.75, 3.05) is 18.0 Å². The molecule has 1 atom stereocenters. The van der Waals surface area contributed by atoms with Gasteiger partial charge < -0.3 is 4.90 Å². The minimum atomic E-state index is -0.344. The van der Waals surface area contributed by atoms with Gasteiger partial charge in [-0.15, -0.1) is 0 Å². The minimum absolute atomic E-state index is 0.189. The summed E-state index contributed by atoms with van der Waals surface area (Å²) in [7, 11) is 1.94. The van der Waals surface area contributed by atoms with Gasteiger partial charge in [0, 0.05) is 31.9 Å². The fraction of sp³-hybridized carbons (Fsp3) is 0.500. The fourth-order valence-corrected chi connectivity index (χ4v) is 3.95. The molecule has 2 amide bonds. The van der Waals surface area contributed by atoms with Crippen LogP contribution in [0.1, 0.15) is 43.7 Å². The Morgan fingerprint density at radius 3 is 2.71 bits per heavy atom. The maximum absolute atomic E-state index is 12.3. The van der Waals surface area contributed by atoms with Gasteiger partial charge in [0.15, 0.2) is 0 Å². The highest BCUT2D eigenvalue weighted by Gasteiger charge is 2.32. The van der Waals surface area contributed by atoms with Crippen molar-refractivity contribution < 1.29 is 9.59 Å². The predicted molar refractivity (Wildman–Crippen MR) is 91.9 cm³/mol. The summed E-state index contributed by atoms with van der Waals surface area (Å²) in [4.78, 5) is 26.1. The van der Waals surface area contributed by atoms with E-state index >= 15 is 0 Å². The highest BCUT2D eigenvalue weighted by molar-refractivity contribution is 6.03. The van der Waals surface area contributed by atoms with Gasteiger partial charge in [0.2, 0.25) is 11.8 Å². The van der Waals surface area contributed by atoms with E-state index in [1.54, 1.807) is 0 Å². The summed E-state index contributed by atoms with van der Waals surface area (Å²) >= 11 is 0. The second-order valence-electron chi connectivity index (χ2n) is 6.73. The van der Waals surface area contributed by atoms with Crippen molar-refractivity contribution in [1.29, 1.82) is 0 Å². The van der Waals surface area contributed by atoms with Gasteiger partial charge >= 0.3 is 0 Å². The Balaban J connectivity index is 1.78. The van der Waals surface area contributed by atoms with Crippen molar-refractivity contribution in [3.8, 4) is 0 Å². The maximum Gasteiger partial charge on any atom is 0.235 e. The van der Waals surface area contributed by atoms with Gasteiger partial charge in [0.25, 0.3) is 0 Å². The van der Waals surface area contributed by atoms with E-state index in [2.05, 4.69) is 21.4 Å². The quantitative estimate of drug-likeness (QED) is 0.858. The summed E-state index contributed by atoms with van der Waals surface area (Å²) in [6, 6.07) is 6.22. The highest BCUT2D eigenvalue weighted by atomic mass is 16.2. The van der Waals surface area contributed by atoms with Gasteiger partial charge in [-0.1, -0.05) is 12.1 Å². The second-order valence-corrected chi connectivity index (χ2v) is 6.73. The lowest BCUT2D eigenvalue weighted by molar-refractivity contribution is -0.134. The van der Waals surface area contributed by atoms with E-state index in [0.29, 0.717) is 12.8 Å². The van der Waals surface area contributed by atoms with Gasteiger partial charge in [0.1, 0.15) is 0 Å². The number of fused-ring (bicyclic) bond motifs is 1. The number of carbonyl (C=O) groups is 2. The second kappa shape index (κ2) is 5.92. The normalized spacial score (nSPS) is 22.0. The molecule has 1 aromatic carbocycles. The minimum Gasteiger partial charge on any atom is -0.370 e. The SMILES string of the molecule is Cn1nc(C2CCC(=O)NC2=O)c2cccc(N3CCCCC3)c21. The van der Waals surface area contributed by atoms with Crippen LogP contribution in [0, 0.1) is 0 Å². The summed E-state index contributed by atoms with van der Waals surface area (Å²) < 4.78 is 1.89. The number of hydrogen-bond donors (Lipinski definition) is 1. The molecule has 24 heavy (non-hydrogen) atoms. The number of imide groups is 1. The monoisotopic (exact) mass is 326 g/mol. The van der Waals surface area contributed by atoms with E-state index in [4.69, 9.17) is 0 Å². The number of hydrogen-bond acceptors (Lipinski definition) is 4. The first-order chi connectivity index (χ1) is 11.6. The van der Waals surface area contributed by atoms with Crippen molar-refractivity contribution in [1.82, 2.24) is 15.1 Å². The number of nitrogens with zero attached hydrogens (tertiary/aromatic N) is 3. The Morgan fingerprint density at radius 1 is 1.17 bits per heavy atom. The zero-order valence-corrected chi connectivity index (χ0v) is 13.9. The number of benzene rings is 1. The maximum atomic E-state index is 12.3. The number of para-hydroxylation sites is 1. The number of carbonyl (C=O) groups excluding carboxylic acids is 2. The Bertz CT molecular complexity index is 805. The van der Waals surface area contributed by atoms with Crippen molar-refractivity contribution >= 4 is 28.4 Å². The molecule has 2 saturated heterocycles. The predicted octanol–water partition coefficient (Wildman–Crippen LogP) is 2.08. The number of nitrogens with one attached hydrogen (secondary N) is 1. The lowest BCUT2D eigenvalue weighted by atomic mass is 9.92. The number of anilines is 1. The summed E-state index contributed by atoms with van der Waals surface area (Å²) in [5, 5.41) is 8.13. The van der Waals surface area contributed by atoms with E-state index in [0.717, 1.165) is 29.7 Å². The first-order valence-electron chi connectivity index (χ1n) is 8.69. The molecule has 1 unspecified atom stereocenters. The van der Waals surface area contributed by atoms with Gasteiger partial charge in [-0.05, 0) is 31.7 Å². The fourth-order valence-electron chi connectivity index (χ4n) is 3.95. The van der Waals surface area contributed by atoms with Crippen LogP contribution < -0.4 is 10.2 Å². The molecule has 0 bridgehead atoms. The molecule has 0 radical (unpaired) electrons. The Labute approximate surface area is 140 Å². The first-order valence-corrected chi connectivity index (χ1v) is 8.69. The van der Waals surface area contributed by atoms with E-state index in [1.807, 2.05) is 23.9 Å². The Morgan fingerprint density at radius 2 is 1.96 bits per heavy atom. The molecule has 2 aromatic rings. The lowest BCUT2D eigenvalue weighted by Crippen LogP contribution is -2.39. The van der Waals surface area contributed by atoms with Crippen LogP contribution in [0.4, 0.5) is 5.69 Å². The third-order valence-electron chi connectivity index (χ3n) is 5.14. The molecule has 2 aliphatic rings. The van der Waals surface area contributed by atoms with E-state index < -0.39 is 0 Å². The van der Waals surface area contributed by atoms with Crippen LogP contribution in [-0.2, 0) is 16.6 Å². The zero-order chi connectivity index (χ0) is 16.7. The molecule has 3 heterocycles. The van der Waals surface area contributed by atoms with Crippen molar-refractivity contribution in [2.24, 2.45) is 7.05 Å². The molecule has 126 valence electrons. The zero-order valence-electron chi connectivity index (χ0n) is 13.9. The number of aromatic nitrogens is 2. The Hall–Kier alpha value is -2.37. The Kier molecular flexibility index (Phi) is 3.75. The van der Waals surface area contributed by atoms with E-state index in [-0.39, 0.29) is 17.7 Å². The van der Waals surface area contributed by atoms with Crippen molar-refractivity contribution in [3.05, 3.63) is 23.9 Å². The van der Waals surface area contributed by atoms with Crippen LogP contribution in [-0.4, -0.2) is 34.7 Å². The molecule has 2 aliphatic heterocycles. The third kappa shape index (κ3) is 2.46. The molecule has 1 aromatic heterocycles. The van der Waals surface area contributed by atoms with Crippen LogP contribution >= 0.6 is 0 Å². The topological polar surface area (TPSA) is 67.2 Å². The molecule has 0 spiro atoms. The van der Waals surface area contributed by atoms with Crippen LogP contribution in [0.15, 0.2) is 18.2 Å². The van der Waals surface area contributed by atoms with E-state index in [9.17, 15) is 9.59 Å². The molecule has 0 aliphatic carbocycles. The van der Waals surface area contributed by atoms with Crippen LogP contribution in [0.5, 0.6) is 0 Å². The molecule has 4 rings (SSSR count). The average Bonchev–Trinajstić information content (AvgIpc) is 2.93. The largest absolute Gasteiger partial charge is 0.370 e. The van der Waals surface area contributed by atoms with E-state index in [1.165, 1.54) is 24.9 Å². The summed E-state index contributed by atoms with van der Waals surface area (Å²) in [6.07, 6.45) is 4.63. The molecule has 0 saturated carbocycles. The summed E-state index contributed by atoms with van der Waals surface area (Å²) in [6.45, 7) is 2.14. The number of piperidine rings is 2. The molecule has 2 fully saturated rings. The van der Waals surface area contributed by atoms with Crippen molar-refractivity contribution in [2.45, 2.75) is 38.0 Å². The van der Waals surface area contributed by atoms with Gasteiger partial charge in [0.05, 0.1) is 22.8 Å². The third-order valence-corrected chi connectivity index (χ3v) is 5.14. The van der Waals surface area contributed by atoms with Crippen LogP contribution in [0.3, 0.4) is 0 Å². The first kappa shape index (κ1) is 15.2. The molecule has 6 heteroatoms. The number of aryl methyl sites for hydroxylation is 1. The highest BCUT2D eigenvalue weighted by Crippen LogP contribution is 2.35. The standard InChI is InChI=1S/C18H22N4O2/c1-21-17-12(6-5-7-14(17)22-10-3-2-4-11-22)16(20-21)13-8-9-15(23)19-18(13)24/h5-7,13H,2-4,8-11H2,1H3,(H,19,23,24). The van der Waals surface area contributed by atoms with Crippen LogP contribution in [0.25, 0.3) is 10.9 Å². The lowest BCUT2D eigenvalue weighted by Gasteiger charge is -2.29. The molecule has 6 nitrogen and oxygen atoms in total. The smallest absolute Gasteiger partial charge is 0.235 e. The number of rotatable bonds is 2. The molecular weight excluding hydrogens is 304 g/mol. The molecule has 1 N–H and O–H groups in total. The average molecular weight is 326 g/mol.